The lowest BCUT2D eigenvalue weighted by Gasteiger charge is -2.38. The fourth-order valence-electron chi connectivity index (χ4n) is 5.98. The number of carbonyl (C=O) groups excluding carboxylic acids is 2. The van der Waals surface area contributed by atoms with Gasteiger partial charge in [0.2, 0.25) is 5.91 Å². The van der Waals surface area contributed by atoms with E-state index in [-0.39, 0.29) is 29.3 Å². The number of hydrogen-bond donors (Lipinski definition) is 4. The summed E-state index contributed by atoms with van der Waals surface area (Å²) < 4.78 is 22.1. The Labute approximate surface area is 270 Å². The first-order valence-corrected chi connectivity index (χ1v) is 15.6. The lowest BCUT2D eigenvalue weighted by atomic mass is 9.93. The van der Waals surface area contributed by atoms with Crippen LogP contribution in [0.3, 0.4) is 0 Å². The Kier molecular flexibility index (Phi) is 9.36. The van der Waals surface area contributed by atoms with Crippen molar-refractivity contribution in [3.8, 4) is 17.0 Å². The summed E-state index contributed by atoms with van der Waals surface area (Å²) in [7, 11) is 1.69. The van der Waals surface area contributed by atoms with E-state index in [1.54, 1.807) is 52.0 Å². The molecule has 2 saturated heterocycles. The van der Waals surface area contributed by atoms with Gasteiger partial charge >= 0.3 is 0 Å². The number of benzene rings is 2. The molecule has 0 bridgehead atoms. The first-order chi connectivity index (χ1) is 22.3. The van der Waals surface area contributed by atoms with Gasteiger partial charge in [-0.05, 0) is 62.8 Å². The van der Waals surface area contributed by atoms with Gasteiger partial charge in [-0.1, -0.05) is 11.6 Å². The fraction of sp³-hybridized carbons (Fsp3) is 0.375. The molecule has 2 amide bonds. The average Bonchev–Trinajstić information content (AvgIpc) is 3.50. The van der Waals surface area contributed by atoms with Gasteiger partial charge in [0.05, 0.1) is 28.9 Å². The van der Waals surface area contributed by atoms with Gasteiger partial charge in [0.15, 0.2) is 23.0 Å². The van der Waals surface area contributed by atoms with E-state index in [1.807, 2.05) is 19.1 Å². The Balaban J connectivity index is 1.14. The van der Waals surface area contributed by atoms with Crippen molar-refractivity contribution >= 4 is 40.6 Å². The number of aryl methyl sites for hydroxylation is 1. The standard InChI is InChI=1S/C32H36ClFN8O4/c1-19-15-20(3-4-21(19)31(44)40-11-13-41(14-12-40)32(45)23-7-8-36-17-25(23)43)39-29-30-38-16-24(42(30)10-9-37-29)22-5-6-26(46-18-35-2)28(34)27(22)33/h3-6,9-10,15-16,23,25,35-36,43H,7-8,11-14,17-18H2,1-2H3,(H,37,39)/t23?,25-/m0/s1. The zero-order valence-electron chi connectivity index (χ0n) is 25.6. The van der Waals surface area contributed by atoms with Crippen molar-refractivity contribution in [2.75, 3.05) is 58.4 Å². The second kappa shape index (κ2) is 13.6. The molecule has 0 spiro atoms. The molecule has 0 aliphatic carbocycles. The highest BCUT2D eigenvalue weighted by Gasteiger charge is 2.34. The van der Waals surface area contributed by atoms with E-state index in [2.05, 4.69) is 25.9 Å². The molecule has 2 aromatic carbocycles. The number of nitrogens with one attached hydrogen (secondary N) is 3. The zero-order valence-corrected chi connectivity index (χ0v) is 26.4. The number of nitrogens with zero attached hydrogens (tertiary/aromatic N) is 5. The molecule has 2 aliphatic heterocycles. The van der Waals surface area contributed by atoms with Gasteiger partial charge in [0.25, 0.3) is 5.91 Å². The Morgan fingerprint density at radius 2 is 1.93 bits per heavy atom. The summed E-state index contributed by atoms with van der Waals surface area (Å²) in [6.07, 6.45) is 4.86. The van der Waals surface area contributed by atoms with Crippen molar-refractivity contribution < 1.29 is 23.8 Å². The zero-order chi connectivity index (χ0) is 32.4. The van der Waals surface area contributed by atoms with Crippen LogP contribution in [0.2, 0.25) is 5.02 Å². The molecule has 2 aromatic heterocycles. The van der Waals surface area contributed by atoms with Gasteiger partial charge in [0, 0.05) is 61.9 Å². The van der Waals surface area contributed by atoms with E-state index in [0.29, 0.717) is 79.7 Å². The second-order valence-corrected chi connectivity index (χ2v) is 11.8. The molecular weight excluding hydrogens is 615 g/mol. The molecule has 12 nitrogen and oxygen atoms in total. The minimum Gasteiger partial charge on any atom is -0.475 e. The second-order valence-electron chi connectivity index (χ2n) is 11.4. The lowest BCUT2D eigenvalue weighted by molar-refractivity contribution is -0.141. The van der Waals surface area contributed by atoms with E-state index in [0.717, 1.165) is 5.56 Å². The number of piperazine rings is 1. The molecule has 1 unspecified atom stereocenters. The number of piperidine rings is 1. The number of hydrogen-bond acceptors (Lipinski definition) is 9. The summed E-state index contributed by atoms with van der Waals surface area (Å²) in [5.41, 5.74) is 3.61. The van der Waals surface area contributed by atoms with Crippen LogP contribution in [0.15, 0.2) is 48.9 Å². The van der Waals surface area contributed by atoms with Crippen molar-refractivity contribution in [2.24, 2.45) is 5.92 Å². The quantitative estimate of drug-likeness (QED) is 0.212. The Morgan fingerprint density at radius 3 is 2.67 bits per heavy atom. The molecule has 6 rings (SSSR count). The molecule has 4 heterocycles. The van der Waals surface area contributed by atoms with Crippen molar-refractivity contribution in [1.82, 2.24) is 34.8 Å². The maximum absolute atomic E-state index is 14.9. The molecule has 4 aromatic rings. The number of fused-ring (bicyclic) bond motifs is 1. The van der Waals surface area contributed by atoms with Crippen LogP contribution in [-0.4, -0.2) is 100 Å². The van der Waals surface area contributed by atoms with Crippen LogP contribution in [0, 0.1) is 18.7 Å². The van der Waals surface area contributed by atoms with Gasteiger partial charge in [-0.15, -0.1) is 0 Å². The summed E-state index contributed by atoms with van der Waals surface area (Å²) in [4.78, 5) is 38.9. The normalized spacial score (nSPS) is 18.5. The van der Waals surface area contributed by atoms with Gasteiger partial charge in [-0.3, -0.25) is 19.3 Å². The summed E-state index contributed by atoms with van der Waals surface area (Å²) in [5.74, 6) is -0.669. The topological polar surface area (TPSA) is 136 Å². The molecule has 14 heteroatoms. The number of anilines is 2. The predicted molar refractivity (Wildman–Crippen MR) is 172 cm³/mol. The number of β-amino-alcohol motifs (C(OH)–C–C–N with tert-alkyl or cyclic N) is 1. The maximum atomic E-state index is 14.9. The largest absolute Gasteiger partial charge is 0.475 e. The van der Waals surface area contributed by atoms with Gasteiger partial charge < -0.3 is 30.3 Å². The maximum Gasteiger partial charge on any atom is 0.254 e. The highest BCUT2D eigenvalue weighted by molar-refractivity contribution is 6.33. The van der Waals surface area contributed by atoms with E-state index in [4.69, 9.17) is 16.3 Å². The smallest absolute Gasteiger partial charge is 0.254 e. The fourth-order valence-corrected chi connectivity index (χ4v) is 6.23. The van der Waals surface area contributed by atoms with Crippen molar-refractivity contribution in [3.63, 3.8) is 0 Å². The van der Waals surface area contributed by atoms with Gasteiger partial charge in [-0.25, -0.2) is 14.4 Å². The molecule has 0 radical (unpaired) electrons. The van der Waals surface area contributed by atoms with Crippen LogP contribution in [-0.2, 0) is 4.79 Å². The third-order valence-corrected chi connectivity index (χ3v) is 8.86. The van der Waals surface area contributed by atoms with Crippen LogP contribution in [0.4, 0.5) is 15.9 Å². The van der Waals surface area contributed by atoms with Crippen molar-refractivity contribution in [2.45, 2.75) is 19.4 Å². The van der Waals surface area contributed by atoms with E-state index in [9.17, 15) is 19.1 Å². The monoisotopic (exact) mass is 650 g/mol. The summed E-state index contributed by atoms with van der Waals surface area (Å²) in [6.45, 7) is 4.88. The third kappa shape index (κ3) is 6.23. The summed E-state index contributed by atoms with van der Waals surface area (Å²) >= 11 is 6.40. The summed E-state index contributed by atoms with van der Waals surface area (Å²) in [5, 5.41) is 19.4. The Bertz CT molecular complexity index is 1760. The van der Waals surface area contributed by atoms with Crippen LogP contribution < -0.4 is 20.7 Å². The number of carbonyl (C=O) groups is 2. The SMILES string of the molecule is CNCOc1ccc(-c2cnc3c(Nc4ccc(C(=O)N5CCN(C(=O)C6CCNC[C@@H]6O)CC5)c(C)c4)nccn23)c(Cl)c1F. The van der Waals surface area contributed by atoms with E-state index < -0.39 is 17.8 Å². The van der Waals surface area contributed by atoms with E-state index >= 15 is 0 Å². The molecule has 242 valence electrons. The summed E-state index contributed by atoms with van der Waals surface area (Å²) in [6, 6.07) is 8.67. The van der Waals surface area contributed by atoms with Gasteiger partial charge in [0.1, 0.15) is 6.73 Å². The number of aromatic nitrogens is 3. The Morgan fingerprint density at radius 1 is 1.15 bits per heavy atom. The molecule has 2 aliphatic rings. The highest BCUT2D eigenvalue weighted by atomic mass is 35.5. The number of rotatable bonds is 8. The number of aliphatic hydroxyl groups is 1. The molecule has 46 heavy (non-hydrogen) atoms. The number of ether oxygens (including phenoxy) is 1. The minimum absolute atomic E-state index is 0.0381. The Hall–Kier alpha value is -4.30. The first kappa shape index (κ1) is 31.7. The number of amides is 2. The molecule has 2 fully saturated rings. The number of aliphatic hydroxyl groups excluding tert-OH is 1. The first-order valence-electron chi connectivity index (χ1n) is 15.2. The average molecular weight is 651 g/mol. The van der Waals surface area contributed by atoms with Crippen LogP contribution in [0.5, 0.6) is 5.75 Å². The lowest BCUT2D eigenvalue weighted by Crippen LogP contribution is -2.55. The van der Waals surface area contributed by atoms with Crippen LogP contribution >= 0.6 is 11.6 Å². The van der Waals surface area contributed by atoms with Crippen LogP contribution in [0.25, 0.3) is 16.9 Å². The molecule has 4 N–H and O–H groups in total. The van der Waals surface area contributed by atoms with E-state index in [1.165, 1.54) is 6.07 Å². The van der Waals surface area contributed by atoms with Crippen LogP contribution in [0.1, 0.15) is 22.3 Å². The molecule has 2 atom stereocenters. The van der Waals surface area contributed by atoms with Crippen molar-refractivity contribution in [1.29, 1.82) is 0 Å². The predicted octanol–water partition coefficient (Wildman–Crippen LogP) is 3.05. The number of imidazole rings is 1. The number of halogens is 2. The third-order valence-electron chi connectivity index (χ3n) is 8.49. The highest BCUT2D eigenvalue weighted by Crippen LogP contribution is 2.36. The molecule has 0 saturated carbocycles. The minimum atomic E-state index is -0.683. The van der Waals surface area contributed by atoms with Crippen molar-refractivity contribution in [3.05, 3.63) is 70.9 Å². The molecular formula is C32H36ClFN8O4. The van der Waals surface area contributed by atoms with Gasteiger partial charge in [-0.2, -0.15) is 0 Å².